The van der Waals surface area contributed by atoms with Gasteiger partial charge in [-0.05, 0) is 18.2 Å². The third kappa shape index (κ3) is 2.44. The third-order valence-corrected chi connectivity index (χ3v) is 2.30. The molecule has 5 nitrogen and oxygen atoms in total. The van der Waals surface area contributed by atoms with Crippen molar-refractivity contribution in [2.45, 2.75) is 0 Å². The van der Waals surface area contributed by atoms with Gasteiger partial charge < -0.3 is 5.11 Å². The van der Waals surface area contributed by atoms with E-state index in [4.69, 9.17) is 16.9 Å². The number of phenols is 1. The molecule has 0 radical (unpaired) electrons. The smallest absolute Gasteiger partial charge is 0.165 e. The largest absolute Gasteiger partial charge is 0.507 e. The van der Waals surface area contributed by atoms with Gasteiger partial charge in [-0.25, -0.2) is 4.99 Å². The molecule has 0 aliphatic carbocycles. The van der Waals surface area contributed by atoms with Crippen LogP contribution in [0.1, 0.15) is 11.1 Å². The molecule has 84 valence electrons. The highest BCUT2D eigenvalue weighted by Gasteiger charge is 2.02. The molecule has 1 aromatic heterocycles. The number of nitriles is 1. The molecule has 0 aliphatic rings. The summed E-state index contributed by atoms with van der Waals surface area (Å²) in [6, 6.07) is 6.56. The van der Waals surface area contributed by atoms with Crippen LogP contribution >= 0.6 is 11.6 Å². The number of benzene rings is 1. The number of aromatic nitrogens is 2. The summed E-state index contributed by atoms with van der Waals surface area (Å²) in [6.07, 6.45) is 2.79. The van der Waals surface area contributed by atoms with E-state index in [1.54, 1.807) is 12.1 Å². The number of hydrogen-bond acceptors (Lipinski definition) is 4. The average molecular weight is 247 g/mol. The van der Waals surface area contributed by atoms with Crippen LogP contribution in [0.4, 0.5) is 5.82 Å². The van der Waals surface area contributed by atoms with Crippen molar-refractivity contribution in [3.8, 4) is 11.8 Å². The van der Waals surface area contributed by atoms with Gasteiger partial charge in [0.15, 0.2) is 5.82 Å². The summed E-state index contributed by atoms with van der Waals surface area (Å²) in [7, 11) is 0. The van der Waals surface area contributed by atoms with Crippen molar-refractivity contribution in [2.24, 2.45) is 4.99 Å². The van der Waals surface area contributed by atoms with Crippen LogP contribution in [-0.2, 0) is 0 Å². The molecule has 1 heterocycles. The maximum Gasteiger partial charge on any atom is 0.165 e. The molecule has 2 N–H and O–H groups in total. The predicted molar refractivity (Wildman–Crippen MR) is 63.7 cm³/mol. The summed E-state index contributed by atoms with van der Waals surface area (Å²) in [6.45, 7) is 0. The van der Waals surface area contributed by atoms with E-state index in [1.165, 1.54) is 18.5 Å². The second kappa shape index (κ2) is 4.68. The monoisotopic (exact) mass is 246 g/mol. The third-order valence-electron chi connectivity index (χ3n) is 2.06. The highest BCUT2D eigenvalue weighted by atomic mass is 35.5. The van der Waals surface area contributed by atoms with Crippen molar-refractivity contribution >= 4 is 23.6 Å². The first kappa shape index (κ1) is 11.2. The van der Waals surface area contributed by atoms with E-state index in [2.05, 4.69) is 15.2 Å². The minimum absolute atomic E-state index is 0.0659. The summed E-state index contributed by atoms with van der Waals surface area (Å²) in [4.78, 5) is 4.03. The topological polar surface area (TPSA) is 85.1 Å². The predicted octanol–water partition coefficient (Wildman–Crippen LogP) is 2.39. The fourth-order valence-corrected chi connectivity index (χ4v) is 1.40. The second-order valence-corrected chi connectivity index (χ2v) is 3.64. The van der Waals surface area contributed by atoms with Crippen molar-refractivity contribution in [1.82, 2.24) is 10.2 Å². The Morgan fingerprint density at radius 1 is 1.53 bits per heavy atom. The van der Waals surface area contributed by atoms with Crippen LogP contribution in [0, 0.1) is 11.3 Å². The maximum atomic E-state index is 9.55. The minimum Gasteiger partial charge on any atom is -0.507 e. The lowest BCUT2D eigenvalue weighted by atomic mass is 10.2. The Morgan fingerprint density at radius 3 is 3.12 bits per heavy atom. The second-order valence-electron chi connectivity index (χ2n) is 3.21. The van der Waals surface area contributed by atoms with E-state index in [9.17, 15) is 5.11 Å². The van der Waals surface area contributed by atoms with Gasteiger partial charge in [-0.1, -0.05) is 11.6 Å². The van der Waals surface area contributed by atoms with Crippen LogP contribution in [0.2, 0.25) is 5.02 Å². The standard InChI is InChI=1S/C11H7ClN4O/c12-9-1-2-10(17)7(3-9)5-14-11-8(4-13)6-15-16-11/h1-3,5-6,17H,(H,15,16)/b14-5+. The Hall–Kier alpha value is -2.32. The molecular formula is C11H7ClN4O. The first-order valence-electron chi connectivity index (χ1n) is 4.67. The van der Waals surface area contributed by atoms with Gasteiger partial charge in [0.25, 0.3) is 0 Å². The number of rotatable bonds is 2. The summed E-state index contributed by atoms with van der Waals surface area (Å²) >= 11 is 5.79. The fourth-order valence-electron chi connectivity index (χ4n) is 1.22. The zero-order valence-corrected chi connectivity index (χ0v) is 9.31. The average Bonchev–Trinajstić information content (AvgIpc) is 2.77. The van der Waals surface area contributed by atoms with Gasteiger partial charge in [-0.15, -0.1) is 0 Å². The molecule has 0 fully saturated rings. The van der Waals surface area contributed by atoms with E-state index < -0.39 is 0 Å². The Kier molecular flexibility index (Phi) is 3.08. The molecule has 0 bridgehead atoms. The van der Waals surface area contributed by atoms with Crippen LogP contribution in [0.25, 0.3) is 0 Å². The van der Waals surface area contributed by atoms with E-state index in [1.807, 2.05) is 6.07 Å². The Balaban J connectivity index is 2.33. The van der Waals surface area contributed by atoms with Gasteiger partial charge in [0, 0.05) is 16.8 Å². The van der Waals surface area contributed by atoms with Crippen LogP contribution < -0.4 is 0 Å². The number of aliphatic imine (C=N–C) groups is 1. The lowest BCUT2D eigenvalue weighted by Gasteiger charge is -1.98. The maximum absolute atomic E-state index is 9.55. The van der Waals surface area contributed by atoms with Crippen LogP contribution in [-0.4, -0.2) is 21.5 Å². The SMILES string of the molecule is N#Cc1cn[nH]c1/N=C/c1cc(Cl)ccc1O. The van der Waals surface area contributed by atoms with Gasteiger partial charge in [-0.2, -0.15) is 10.4 Å². The first-order valence-corrected chi connectivity index (χ1v) is 5.04. The Labute approximate surface area is 102 Å². The lowest BCUT2D eigenvalue weighted by molar-refractivity contribution is 0.474. The van der Waals surface area contributed by atoms with Crippen LogP contribution in [0.3, 0.4) is 0 Å². The minimum atomic E-state index is 0.0659. The zero-order chi connectivity index (χ0) is 12.3. The van der Waals surface area contributed by atoms with Crippen molar-refractivity contribution in [3.63, 3.8) is 0 Å². The fraction of sp³-hybridized carbons (Fsp3) is 0. The summed E-state index contributed by atoms with van der Waals surface area (Å²) in [5.74, 6) is 0.406. The number of phenolic OH excluding ortho intramolecular Hbond substituents is 1. The molecule has 2 aromatic rings. The van der Waals surface area contributed by atoms with E-state index in [0.717, 1.165) is 0 Å². The summed E-state index contributed by atoms with van der Waals surface area (Å²) in [5, 5.41) is 25.1. The number of aromatic hydroxyl groups is 1. The molecule has 6 heteroatoms. The van der Waals surface area contributed by atoms with Crippen LogP contribution in [0.5, 0.6) is 5.75 Å². The highest BCUT2D eigenvalue weighted by Crippen LogP contribution is 2.21. The number of H-pyrrole nitrogens is 1. The van der Waals surface area contributed by atoms with Crippen molar-refractivity contribution in [2.75, 3.05) is 0 Å². The van der Waals surface area contributed by atoms with Gasteiger partial charge >= 0.3 is 0 Å². The number of aromatic amines is 1. The highest BCUT2D eigenvalue weighted by molar-refractivity contribution is 6.30. The van der Waals surface area contributed by atoms with Gasteiger partial charge in [0.2, 0.25) is 0 Å². The quantitative estimate of drug-likeness (QED) is 0.798. The number of hydrogen-bond donors (Lipinski definition) is 2. The molecule has 0 amide bonds. The Morgan fingerprint density at radius 2 is 2.35 bits per heavy atom. The normalized spacial score (nSPS) is 10.6. The van der Waals surface area contributed by atoms with E-state index >= 15 is 0 Å². The van der Waals surface area contributed by atoms with Crippen molar-refractivity contribution < 1.29 is 5.11 Å². The molecule has 0 saturated carbocycles. The number of nitrogens with one attached hydrogen (secondary N) is 1. The molecule has 0 aliphatic heterocycles. The van der Waals surface area contributed by atoms with Crippen LogP contribution in [0.15, 0.2) is 29.4 Å². The molecule has 0 atom stereocenters. The van der Waals surface area contributed by atoms with Crippen molar-refractivity contribution in [1.29, 1.82) is 5.26 Å². The lowest BCUT2D eigenvalue weighted by Crippen LogP contribution is -1.82. The van der Waals surface area contributed by atoms with Gasteiger partial charge in [-0.3, -0.25) is 5.10 Å². The molecule has 1 aromatic carbocycles. The van der Waals surface area contributed by atoms with E-state index in [0.29, 0.717) is 22.0 Å². The van der Waals surface area contributed by atoms with Gasteiger partial charge in [0.1, 0.15) is 17.4 Å². The van der Waals surface area contributed by atoms with Gasteiger partial charge in [0.05, 0.1) is 6.20 Å². The molecule has 0 spiro atoms. The molecule has 17 heavy (non-hydrogen) atoms. The first-order chi connectivity index (χ1) is 8.20. The van der Waals surface area contributed by atoms with E-state index in [-0.39, 0.29) is 5.75 Å². The molecule has 0 saturated heterocycles. The summed E-state index contributed by atoms with van der Waals surface area (Å²) < 4.78 is 0. The zero-order valence-electron chi connectivity index (χ0n) is 8.55. The molecule has 0 unspecified atom stereocenters. The number of nitrogens with zero attached hydrogens (tertiary/aromatic N) is 3. The number of halogens is 1. The molecular weight excluding hydrogens is 240 g/mol. The molecule has 2 rings (SSSR count). The summed E-state index contributed by atoms with van der Waals surface area (Å²) in [5.41, 5.74) is 0.804. The van der Waals surface area contributed by atoms with Crippen molar-refractivity contribution in [3.05, 3.63) is 40.5 Å². The Bertz CT molecular complexity index is 612.